The van der Waals surface area contributed by atoms with Crippen LogP contribution in [0.25, 0.3) is 0 Å². The number of hydrogen-bond acceptors (Lipinski definition) is 2. The van der Waals surface area contributed by atoms with Gasteiger partial charge in [0.2, 0.25) is 0 Å². The summed E-state index contributed by atoms with van der Waals surface area (Å²) in [7, 11) is 0. The lowest BCUT2D eigenvalue weighted by Gasteiger charge is -2.38. The second-order valence-electron chi connectivity index (χ2n) is 5.17. The van der Waals surface area contributed by atoms with E-state index < -0.39 is 0 Å². The average molecular weight is 300 g/mol. The summed E-state index contributed by atoms with van der Waals surface area (Å²) in [5.41, 5.74) is 1.40. The molecule has 1 aliphatic rings. The molecule has 1 N–H and O–H groups in total. The van der Waals surface area contributed by atoms with Crippen molar-refractivity contribution in [2.24, 2.45) is 5.92 Å². The fourth-order valence-corrected chi connectivity index (χ4v) is 3.18. The molecule has 1 saturated carbocycles. The molecule has 1 fully saturated rings. The highest BCUT2D eigenvalue weighted by Gasteiger charge is 2.35. The first-order valence-electron chi connectivity index (χ1n) is 6.58. The van der Waals surface area contributed by atoms with E-state index in [9.17, 15) is 0 Å². The number of hydrogen-bond donors (Lipinski definition) is 1. The monoisotopic (exact) mass is 299 g/mol. The van der Waals surface area contributed by atoms with Crippen molar-refractivity contribution in [2.75, 3.05) is 13.1 Å². The topological polar surface area (TPSA) is 29.9 Å². The summed E-state index contributed by atoms with van der Waals surface area (Å²) in [6.45, 7) is 8.76. The summed E-state index contributed by atoms with van der Waals surface area (Å²) >= 11 is 3.65. The molecule has 1 heterocycles. The summed E-state index contributed by atoms with van der Waals surface area (Å²) in [4.78, 5) is 0. The fourth-order valence-electron chi connectivity index (χ4n) is 2.61. The number of aromatic nitrogens is 2. The smallest absolute Gasteiger partial charge is 0.0635 e. The van der Waals surface area contributed by atoms with Crippen LogP contribution in [0.4, 0.5) is 0 Å². The van der Waals surface area contributed by atoms with Gasteiger partial charge in [0, 0.05) is 12.0 Å². The van der Waals surface area contributed by atoms with Crippen LogP contribution >= 0.6 is 15.9 Å². The highest BCUT2D eigenvalue weighted by molar-refractivity contribution is 9.10. The van der Waals surface area contributed by atoms with Gasteiger partial charge in [0.15, 0.2) is 0 Å². The van der Waals surface area contributed by atoms with E-state index in [1.54, 1.807) is 0 Å². The summed E-state index contributed by atoms with van der Waals surface area (Å²) in [5.74, 6) is 1.45. The molecule has 1 aromatic rings. The number of nitrogens with zero attached hydrogens (tertiary/aromatic N) is 2. The van der Waals surface area contributed by atoms with Crippen molar-refractivity contribution in [1.29, 1.82) is 0 Å². The zero-order valence-corrected chi connectivity index (χ0v) is 12.5. The molecule has 1 aromatic heterocycles. The van der Waals surface area contributed by atoms with Gasteiger partial charge in [-0.3, -0.25) is 4.68 Å². The van der Waals surface area contributed by atoms with E-state index in [0.29, 0.717) is 12.0 Å². The lowest BCUT2D eigenvalue weighted by Crippen LogP contribution is -2.35. The Morgan fingerprint density at radius 1 is 1.53 bits per heavy atom. The predicted molar refractivity (Wildman–Crippen MR) is 74.3 cm³/mol. The first-order chi connectivity index (χ1) is 8.15. The Morgan fingerprint density at radius 3 is 2.82 bits per heavy atom. The predicted octanol–water partition coefficient (Wildman–Crippen LogP) is 3.33. The summed E-state index contributed by atoms with van der Waals surface area (Å²) in [5, 5.41) is 7.95. The normalized spacial score (nSPS) is 24.1. The largest absolute Gasteiger partial charge is 0.317 e. The molecular weight excluding hydrogens is 278 g/mol. The second-order valence-corrected chi connectivity index (χ2v) is 6.02. The van der Waals surface area contributed by atoms with Gasteiger partial charge in [0.05, 0.1) is 16.4 Å². The van der Waals surface area contributed by atoms with Gasteiger partial charge >= 0.3 is 0 Å². The number of rotatable bonds is 5. The van der Waals surface area contributed by atoms with Crippen molar-refractivity contribution >= 4 is 15.9 Å². The van der Waals surface area contributed by atoms with E-state index in [-0.39, 0.29) is 0 Å². The maximum atomic E-state index is 4.48. The van der Waals surface area contributed by atoms with Gasteiger partial charge in [-0.05, 0) is 61.6 Å². The maximum Gasteiger partial charge on any atom is 0.0635 e. The van der Waals surface area contributed by atoms with Gasteiger partial charge < -0.3 is 5.32 Å². The highest BCUT2D eigenvalue weighted by atomic mass is 79.9. The Morgan fingerprint density at radius 2 is 2.29 bits per heavy atom. The van der Waals surface area contributed by atoms with Crippen molar-refractivity contribution in [3.05, 3.63) is 16.4 Å². The van der Waals surface area contributed by atoms with Crippen LogP contribution in [0, 0.1) is 5.92 Å². The van der Waals surface area contributed by atoms with Crippen LogP contribution in [-0.4, -0.2) is 22.9 Å². The summed E-state index contributed by atoms with van der Waals surface area (Å²) in [6.07, 6.45) is 4.58. The first kappa shape index (κ1) is 13.1. The lowest BCUT2D eigenvalue weighted by molar-refractivity contribution is 0.231. The summed E-state index contributed by atoms with van der Waals surface area (Å²) < 4.78 is 3.35. The Labute approximate surface area is 112 Å². The first-order valence-corrected chi connectivity index (χ1v) is 7.38. The molecule has 0 amide bonds. The van der Waals surface area contributed by atoms with Crippen LogP contribution in [0.2, 0.25) is 0 Å². The van der Waals surface area contributed by atoms with Crippen molar-refractivity contribution in [3.8, 4) is 0 Å². The number of halogens is 1. The molecule has 0 spiro atoms. The molecule has 0 radical (unpaired) electrons. The molecule has 0 saturated heterocycles. The van der Waals surface area contributed by atoms with Crippen LogP contribution < -0.4 is 5.32 Å². The van der Waals surface area contributed by atoms with E-state index in [2.05, 4.69) is 51.8 Å². The standard InChI is InChI=1S/C13H22BrN3/c1-4-15-7-10-5-6-11(10)13-12(14)8-16-17(13)9(2)3/h8-11,15H,4-7H2,1-3H3. The van der Waals surface area contributed by atoms with Crippen molar-refractivity contribution < 1.29 is 0 Å². The van der Waals surface area contributed by atoms with Crippen LogP contribution in [0.3, 0.4) is 0 Å². The zero-order valence-electron chi connectivity index (χ0n) is 10.9. The van der Waals surface area contributed by atoms with Gasteiger partial charge in [-0.2, -0.15) is 5.10 Å². The second kappa shape index (κ2) is 5.53. The molecule has 0 aromatic carbocycles. The molecule has 0 aliphatic heterocycles. The number of nitrogens with one attached hydrogen (secondary N) is 1. The minimum atomic E-state index is 0.441. The molecule has 96 valence electrons. The van der Waals surface area contributed by atoms with E-state index >= 15 is 0 Å². The highest BCUT2D eigenvalue weighted by Crippen LogP contribution is 2.45. The van der Waals surface area contributed by atoms with Gasteiger partial charge in [-0.15, -0.1) is 0 Å². The Kier molecular flexibility index (Phi) is 4.26. The van der Waals surface area contributed by atoms with Crippen LogP contribution in [0.15, 0.2) is 10.7 Å². The molecule has 2 atom stereocenters. The van der Waals surface area contributed by atoms with Crippen molar-refractivity contribution in [2.45, 2.75) is 45.6 Å². The molecule has 3 nitrogen and oxygen atoms in total. The molecule has 1 aliphatic carbocycles. The van der Waals surface area contributed by atoms with Crippen LogP contribution in [-0.2, 0) is 0 Å². The van der Waals surface area contributed by atoms with Crippen molar-refractivity contribution in [3.63, 3.8) is 0 Å². The minimum absolute atomic E-state index is 0.441. The maximum absolute atomic E-state index is 4.48. The van der Waals surface area contributed by atoms with E-state index in [1.807, 2.05) is 6.20 Å². The molecule has 2 unspecified atom stereocenters. The molecule has 0 bridgehead atoms. The molecule has 2 rings (SSSR count). The Balaban J connectivity index is 2.14. The van der Waals surface area contributed by atoms with Crippen LogP contribution in [0.5, 0.6) is 0 Å². The van der Waals surface area contributed by atoms with Gasteiger partial charge in [0.1, 0.15) is 0 Å². The minimum Gasteiger partial charge on any atom is -0.317 e. The van der Waals surface area contributed by atoms with E-state index in [4.69, 9.17) is 0 Å². The molecule has 17 heavy (non-hydrogen) atoms. The van der Waals surface area contributed by atoms with E-state index in [0.717, 1.165) is 19.0 Å². The average Bonchev–Trinajstić information content (AvgIpc) is 2.60. The van der Waals surface area contributed by atoms with Crippen molar-refractivity contribution in [1.82, 2.24) is 15.1 Å². The van der Waals surface area contributed by atoms with Gasteiger partial charge in [0.25, 0.3) is 0 Å². The van der Waals surface area contributed by atoms with Gasteiger partial charge in [-0.1, -0.05) is 6.92 Å². The lowest BCUT2D eigenvalue weighted by atomic mass is 9.71. The third-order valence-corrected chi connectivity index (χ3v) is 4.31. The summed E-state index contributed by atoms with van der Waals surface area (Å²) in [6, 6.07) is 0.441. The Hall–Kier alpha value is -0.350. The third-order valence-electron chi connectivity index (χ3n) is 3.70. The van der Waals surface area contributed by atoms with E-state index in [1.165, 1.54) is 23.0 Å². The fraction of sp³-hybridized carbons (Fsp3) is 0.769. The molecular formula is C13H22BrN3. The molecule has 4 heteroatoms. The van der Waals surface area contributed by atoms with Gasteiger partial charge in [-0.25, -0.2) is 0 Å². The SMILES string of the molecule is CCNCC1CCC1c1c(Br)cnn1C(C)C. The Bertz CT molecular complexity index is 373. The third kappa shape index (κ3) is 2.58. The zero-order chi connectivity index (χ0) is 12.4. The quantitative estimate of drug-likeness (QED) is 0.904. The van der Waals surface area contributed by atoms with Crippen LogP contribution in [0.1, 0.15) is 51.3 Å².